The van der Waals surface area contributed by atoms with Crippen molar-refractivity contribution < 1.29 is 20.3 Å². The molecule has 0 aromatic heterocycles. The zero-order valence-corrected chi connectivity index (χ0v) is 6.44. The van der Waals surface area contributed by atoms with Crippen LogP contribution in [-0.4, -0.2) is 17.3 Å². The van der Waals surface area contributed by atoms with E-state index < -0.39 is 5.23 Å². The molecule has 0 aliphatic carbocycles. The second-order valence-electron chi connectivity index (χ2n) is 2.19. The molecule has 0 fully saturated rings. The van der Waals surface area contributed by atoms with Crippen LogP contribution in [0.3, 0.4) is 0 Å². The van der Waals surface area contributed by atoms with Gasteiger partial charge >= 0.3 is 0 Å². The van der Waals surface area contributed by atoms with Crippen LogP contribution in [0.1, 0.15) is 0 Å². The Balaban J connectivity index is 3.01. The van der Waals surface area contributed by atoms with E-state index in [9.17, 15) is 5.21 Å². The van der Waals surface area contributed by atoms with Gasteiger partial charge in [0.1, 0.15) is 5.75 Å². The van der Waals surface area contributed by atoms with E-state index in [-0.39, 0.29) is 17.2 Å². The van der Waals surface area contributed by atoms with Gasteiger partial charge in [-0.3, -0.25) is 0 Å². The van der Waals surface area contributed by atoms with Crippen molar-refractivity contribution >= 4 is 5.69 Å². The van der Waals surface area contributed by atoms with Gasteiger partial charge in [0.05, 0.1) is 7.11 Å². The second kappa shape index (κ2) is 3.40. The molecule has 1 aromatic carbocycles. The third-order valence-corrected chi connectivity index (χ3v) is 1.39. The molecule has 0 heterocycles. The summed E-state index contributed by atoms with van der Waals surface area (Å²) in [7, 11) is 1.22. The van der Waals surface area contributed by atoms with Gasteiger partial charge < -0.3 is 15.4 Å². The van der Waals surface area contributed by atoms with Gasteiger partial charge in [-0.15, -0.1) is 0 Å². The van der Waals surface area contributed by atoms with Gasteiger partial charge in [0.25, 0.3) is 0 Å². The highest BCUT2D eigenvalue weighted by molar-refractivity contribution is 5.48. The Bertz CT molecular complexity index is 276. The number of quaternary nitrogens is 1. The third-order valence-electron chi connectivity index (χ3n) is 1.39. The summed E-state index contributed by atoms with van der Waals surface area (Å²) in [5.74, 6) is -0.387. The average molecular weight is 171 g/mol. The number of hydrogen-bond donors (Lipinski definition) is 3. The molecule has 0 aliphatic heterocycles. The number of rotatable bonds is 2. The standard InChI is InChI=1S/C7H9NO4/c1-12-8(11)6-3-2-5(9)4-7(6)10/h2-4,8-10H,1H3. The molecular weight excluding hydrogens is 162 g/mol. The number of hydrogen-bond acceptors (Lipinski definition) is 4. The molecule has 0 aliphatic rings. The number of phenols is 2. The molecule has 0 radical (unpaired) electrons. The highest BCUT2D eigenvalue weighted by Crippen LogP contribution is 2.23. The van der Waals surface area contributed by atoms with Gasteiger partial charge in [0.15, 0.2) is 5.75 Å². The predicted molar refractivity (Wildman–Crippen MR) is 40.8 cm³/mol. The molecule has 66 valence electrons. The van der Waals surface area contributed by atoms with Gasteiger partial charge in [-0.05, 0) is 6.07 Å². The minimum absolute atomic E-state index is 0.0373. The first-order valence-electron chi connectivity index (χ1n) is 3.25. The van der Waals surface area contributed by atoms with Crippen molar-refractivity contribution in [3.63, 3.8) is 0 Å². The Morgan fingerprint density at radius 1 is 1.42 bits per heavy atom. The predicted octanol–water partition coefficient (Wildman–Crippen LogP) is -0.327. The maximum Gasteiger partial charge on any atom is 0.206 e. The van der Waals surface area contributed by atoms with Crippen molar-refractivity contribution in [1.82, 2.24) is 0 Å². The third kappa shape index (κ3) is 1.65. The second-order valence-corrected chi connectivity index (χ2v) is 2.19. The van der Waals surface area contributed by atoms with E-state index >= 15 is 0 Å². The van der Waals surface area contributed by atoms with E-state index in [1.54, 1.807) is 0 Å². The maximum absolute atomic E-state index is 10.9. The molecule has 0 spiro atoms. The minimum Gasteiger partial charge on any atom is -0.595 e. The van der Waals surface area contributed by atoms with E-state index in [4.69, 9.17) is 10.2 Å². The topological polar surface area (TPSA) is 77.2 Å². The summed E-state index contributed by atoms with van der Waals surface area (Å²) in [6.07, 6.45) is 0. The quantitative estimate of drug-likeness (QED) is 0.323. The molecule has 1 atom stereocenters. The molecule has 0 saturated heterocycles. The molecule has 1 aromatic rings. The van der Waals surface area contributed by atoms with E-state index in [2.05, 4.69) is 4.84 Å². The molecule has 12 heavy (non-hydrogen) atoms. The Hall–Kier alpha value is -1.30. The summed E-state index contributed by atoms with van der Waals surface area (Å²) < 4.78 is 0. The zero-order chi connectivity index (χ0) is 9.14. The van der Waals surface area contributed by atoms with Gasteiger partial charge in [-0.2, -0.15) is 5.23 Å². The lowest BCUT2D eigenvalue weighted by atomic mass is 10.3. The van der Waals surface area contributed by atoms with E-state index in [1.165, 1.54) is 19.2 Å². The summed E-state index contributed by atoms with van der Waals surface area (Å²) in [6, 6.07) is 3.66. The van der Waals surface area contributed by atoms with Crippen LogP contribution in [0.15, 0.2) is 18.2 Å². The molecule has 0 amide bonds. The molecule has 0 bridgehead atoms. The smallest absolute Gasteiger partial charge is 0.206 e. The molecule has 5 nitrogen and oxygen atoms in total. The van der Waals surface area contributed by atoms with Crippen molar-refractivity contribution in [2.24, 2.45) is 0 Å². The minimum atomic E-state index is -0.632. The maximum atomic E-state index is 10.9. The fourth-order valence-corrected chi connectivity index (χ4v) is 0.803. The summed E-state index contributed by atoms with van der Waals surface area (Å²) in [5.41, 5.74) is 0.0373. The first-order chi connectivity index (χ1) is 5.65. The Kier molecular flexibility index (Phi) is 2.49. The molecular formula is C7H9NO4. The lowest BCUT2D eigenvalue weighted by molar-refractivity contribution is -0.992. The van der Waals surface area contributed by atoms with Gasteiger partial charge in [0.2, 0.25) is 5.69 Å². The summed E-state index contributed by atoms with van der Waals surface area (Å²) in [5, 5.41) is 28.3. The van der Waals surface area contributed by atoms with Crippen molar-refractivity contribution in [2.75, 3.05) is 7.11 Å². The highest BCUT2D eigenvalue weighted by atomic mass is 16.9. The molecule has 1 rings (SSSR count). The summed E-state index contributed by atoms with van der Waals surface area (Å²) in [4.78, 5) is 4.38. The van der Waals surface area contributed by atoms with Crippen molar-refractivity contribution in [3.05, 3.63) is 23.4 Å². The lowest BCUT2D eigenvalue weighted by Crippen LogP contribution is -3.00. The number of aromatic hydroxyl groups is 2. The van der Waals surface area contributed by atoms with E-state index in [1.807, 2.05) is 0 Å². The first-order valence-corrected chi connectivity index (χ1v) is 3.25. The number of benzene rings is 1. The van der Waals surface area contributed by atoms with Crippen LogP contribution in [-0.2, 0) is 4.84 Å². The van der Waals surface area contributed by atoms with Crippen LogP contribution < -0.4 is 5.23 Å². The average Bonchev–Trinajstić information content (AvgIpc) is 2.03. The van der Waals surface area contributed by atoms with Crippen LogP contribution in [0.5, 0.6) is 11.5 Å². The van der Waals surface area contributed by atoms with Crippen LogP contribution in [0.2, 0.25) is 0 Å². The molecule has 1 unspecified atom stereocenters. The summed E-state index contributed by atoms with van der Waals surface area (Å²) >= 11 is 0. The molecule has 0 saturated carbocycles. The Morgan fingerprint density at radius 2 is 2.08 bits per heavy atom. The van der Waals surface area contributed by atoms with Crippen molar-refractivity contribution in [2.45, 2.75) is 0 Å². The van der Waals surface area contributed by atoms with Crippen LogP contribution in [0.25, 0.3) is 0 Å². The van der Waals surface area contributed by atoms with Crippen molar-refractivity contribution in [1.29, 1.82) is 0 Å². The Morgan fingerprint density at radius 3 is 2.58 bits per heavy atom. The first kappa shape index (κ1) is 8.79. The van der Waals surface area contributed by atoms with E-state index in [0.717, 1.165) is 6.07 Å². The molecule has 5 heteroatoms. The van der Waals surface area contributed by atoms with Gasteiger partial charge in [-0.25, -0.2) is 4.84 Å². The van der Waals surface area contributed by atoms with Crippen LogP contribution in [0.4, 0.5) is 5.69 Å². The Labute approximate surface area is 69.0 Å². The van der Waals surface area contributed by atoms with Crippen LogP contribution in [0, 0.1) is 5.21 Å². The zero-order valence-electron chi connectivity index (χ0n) is 6.44. The van der Waals surface area contributed by atoms with Gasteiger partial charge in [-0.1, -0.05) is 0 Å². The largest absolute Gasteiger partial charge is 0.595 e. The fraction of sp³-hybridized carbons (Fsp3) is 0.143. The summed E-state index contributed by atoms with van der Waals surface area (Å²) in [6.45, 7) is 0. The lowest BCUT2D eigenvalue weighted by Gasteiger charge is -2.17. The number of phenolic OH excluding ortho intramolecular Hbond substituents is 2. The van der Waals surface area contributed by atoms with Crippen LogP contribution >= 0.6 is 0 Å². The monoisotopic (exact) mass is 171 g/mol. The van der Waals surface area contributed by atoms with Gasteiger partial charge in [0, 0.05) is 12.1 Å². The van der Waals surface area contributed by atoms with E-state index in [0.29, 0.717) is 0 Å². The van der Waals surface area contributed by atoms with Crippen molar-refractivity contribution in [3.8, 4) is 11.5 Å². The normalized spacial score (nSPS) is 12.8. The number of nitrogens with one attached hydrogen (secondary N) is 1. The SMILES string of the molecule is CO[NH+]([O-])c1ccc(O)cc1O. The fourth-order valence-electron chi connectivity index (χ4n) is 0.803. The molecule has 3 N–H and O–H groups in total. The highest BCUT2D eigenvalue weighted by Gasteiger charge is 2.09.